The largest absolute Gasteiger partial charge is 0.461 e. The Morgan fingerprint density at radius 1 is 1.05 bits per heavy atom. The monoisotopic (exact) mass is 297 g/mol. The zero-order chi connectivity index (χ0) is 15.3. The quantitative estimate of drug-likeness (QED) is 0.748. The molecule has 1 unspecified atom stereocenters. The van der Waals surface area contributed by atoms with Gasteiger partial charge in [-0.2, -0.15) is 0 Å². The lowest BCUT2D eigenvalue weighted by Gasteiger charge is -2.23. The molecule has 1 aliphatic heterocycles. The fourth-order valence-corrected chi connectivity index (χ4v) is 3.87. The Kier molecular flexibility index (Phi) is 3.26. The number of hydrogen-bond donors (Lipinski definition) is 1. The van der Waals surface area contributed by atoms with Crippen LogP contribution >= 0.6 is 0 Å². The molecule has 1 fully saturated rings. The highest BCUT2D eigenvalue weighted by Gasteiger charge is 2.22. The van der Waals surface area contributed by atoms with Gasteiger partial charge in [0.05, 0.1) is 0 Å². The van der Waals surface area contributed by atoms with E-state index in [0.717, 1.165) is 42.2 Å². The molecule has 4 rings (SSSR count). The Balaban J connectivity index is 1.93. The van der Waals surface area contributed by atoms with Gasteiger partial charge in [0.1, 0.15) is 22.7 Å². The highest BCUT2D eigenvalue weighted by atomic mass is 16.3. The summed E-state index contributed by atoms with van der Waals surface area (Å²) in [5.41, 5.74) is 4.62. The molecule has 3 heteroatoms. The van der Waals surface area contributed by atoms with Crippen LogP contribution in [0.25, 0.3) is 21.9 Å². The molecule has 1 aliphatic rings. The van der Waals surface area contributed by atoms with Crippen LogP contribution in [-0.2, 0) is 6.42 Å². The first-order valence-corrected chi connectivity index (χ1v) is 8.26. The number of rotatable bonds is 2. The van der Waals surface area contributed by atoms with E-state index < -0.39 is 0 Å². The van der Waals surface area contributed by atoms with Crippen LogP contribution in [0, 0.1) is 26.7 Å². The number of benzene rings is 1. The molecule has 0 saturated carbocycles. The first kappa shape index (κ1) is 13.9. The molecule has 1 atom stereocenters. The number of aryl methyl sites for hydroxylation is 3. The number of fused-ring (bicyclic) bond motifs is 2. The summed E-state index contributed by atoms with van der Waals surface area (Å²) in [5.74, 6) is 2.64. The van der Waals surface area contributed by atoms with Crippen molar-refractivity contribution in [3.8, 4) is 0 Å². The Morgan fingerprint density at radius 2 is 1.77 bits per heavy atom. The van der Waals surface area contributed by atoms with Crippen molar-refractivity contribution in [1.82, 2.24) is 5.32 Å². The number of hydrogen-bond acceptors (Lipinski definition) is 3. The number of nitrogens with one attached hydrogen (secondary N) is 1. The first-order chi connectivity index (χ1) is 10.6. The highest BCUT2D eigenvalue weighted by molar-refractivity contribution is 6.01. The molecule has 0 aliphatic carbocycles. The van der Waals surface area contributed by atoms with Gasteiger partial charge in [-0.1, -0.05) is 0 Å². The van der Waals surface area contributed by atoms with E-state index in [2.05, 4.69) is 24.4 Å². The van der Waals surface area contributed by atoms with Gasteiger partial charge < -0.3 is 14.2 Å². The predicted molar refractivity (Wildman–Crippen MR) is 89.5 cm³/mol. The minimum atomic E-state index is 0.684. The van der Waals surface area contributed by atoms with Crippen LogP contribution in [0.5, 0.6) is 0 Å². The zero-order valence-corrected chi connectivity index (χ0v) is 13.6. The van der Waals surface area contributed by atoms with Crippen molar-refractivity contribution in [1.29, 1.82) is 0 Å². The fraction of sp³-hybridized carbons (Fsp3) is 0.474. The van der Waals surface area contributed by atoms with Crippen LogP contribution in [0.1, 0.15) is 35.5 Å². The summed E-state index contributed by atoms with van der Waals surface area (Å²) in [6, 6.07) is 4.32. The molecular weight excluding hydrogens is 274 g/mol. The van der Waals surface area contributed by atoms with Gasteiger partial charge in [-0.25, -0.2) is 0 Å². The van der Waals surface area contributed by atoms with E-state index >= 15 is 0 Å². The van der Waals surface area contributed by atoms with E-state index in [-0.39, 0.29) is 0 Å². The van der Waals surface area contributed by atoms with Crippen molar-refractivity contribution < 1.29 is 8.83 Å². The lowest BCUT2D eigenvalue weighted by Crippen LogP contribution is -2.30. The maximum Gasteiger partial charge on any atom is 0.138 e. The highest BCUT2D eigenvalue weighted by Crippen LogP contribution is 2.37. The molecule has 1 aromatic carbocycles. The van der Waals surface area contributed by atoms with E-state index in [1.54, 1.807) is 0 Å². The lowest BCUT2D eigenvalue weighted by molar-refractivity contribution is 0.376. The summed E-state index contributed by atoms with van der Waals surface area (Å²) in [6.45, 7) is 8.44. The maximum atomic E-state index is 6.08. The predicted octanol–water partition coefficient (Wildman–Crippen LogP) is 4.65. The summed E-state index contributed by atoms with van der Waals surface area (Å²) >= 11 is 0. The smallest absolute Gasteiger partial charge is 0.138 e. The second kappa shape index (κ2) is 5.17. The standard InChI is InChI=1S/C19H23NO2/c1-11-7-15-13(3)18-16(8-12(2)21-18)17(19(15)22-11)9-14-5-4-6-20-10-14/h7-8,14,20H,4-6,9-10H2,1-3H3. The van der Waals surface area contributed by atoms with Gasteiger partial charge in [0.15, 0.2) is 0 Å². The molecule has 0 spiro atoms. The maximum absolute atomic E-state index is 6.08. The molecule has 0 radical (unpaired) electrons. The number of piperidine rings is 1. The van der Waals surface area contributed by atoms with Crippen molar-refractivity contribution in [3.05, 3.63) is 34.8 Å². The molecule has 3 aromatic rings. The van der Waals surface area contributed by atoms with Crippen LogP contribution in [-0.4, -0.2) is 13.1 Å². The van der Waals surface area contributed by atoms with Gasteiger partial charge >= 0.3 is 0 Å². The Bertz CT molecular complexity index is 776. The summed E-state index contributed by atoms with van der Waals surface area (Å²) in [4.78, 5) is 0. The first-order valence-electron chi connectivity index (χ1n) is 8.26. The normalized spacial score (nSPS) is 19.3. The summed E-state index contributed by atoms with van der Waals surface area (Å²) in [6.07, 6.45) is 3.62. The molecule has 3 nitrogen and oxygen atoms in total. The topological polar surface area (TPSA) is 38.3 Å². The van der Waals surface area contributed by atoms with Gasteiger partial charge in [0.2, 0.25) is 0 Å². The Hall–Kier alpha value is -1.74. The van der Waals surface area contributed by atoms with Crippen LogP contribution in [0.15, 0.2) is 21.0 Å². The summed E-state index contributed by atoms with van der Waals surface area (Å²) in [7, 11) is 0. The molecule has 0 amide bonds. The third-order valence-corrected chi connectivity index (χ3v) is 4.95. The second-order valence-electron chi connectivity index (χ2n) is 6.72. The van der Waals surface area contributed by atoms with E-state index in [9.17, 15) is 0 Å². The minimum absolute atomic E-state index is 0.684. The van der Waals surface area contributed by atoms with Crippen LogP contribution in [0.4, 0.5) is 0 Å². The van der Waals surface area contributed by atoms with Gasteiger partial charge in [-0.05, 0) is 71.2 Å². The average Bonchev–Trinajstić information content (AvgIpc) is 3.08. The van der Waals surface area contributed by atoms with E-state index in [0.29, 0.717) is 5.92 Å². The SMILES string of the molecule is Cc1cc2c(CC3CCCNC3)c3oc(C)cc3c(C)c2o1. The third kappa shape index (κ3) is 2.15. The number of furan rings is 2. The van der Waals surface area contributed by atoms with Gasteiger partial charge in [-0.3, -0.25) is 0 Å². The van der Waals surface area contributed by atoms with Gasteiger partial charge in [0, 0.05) is 21.9 Å². The fourth-order valence-electron chi connectivity index (χ4n) is 3.87. The molecule has 116 valence electrons. The summed E-state index contributed by atoms with van der Waals surface area (Å²) < 4.78 is 12.1. The van der Waals surface area contributed by atoms with Crippen molar-refractivity contribution in [2.75, 3.05) is 13.1 Å². The van der Waals surface area contributed by atoms with E-state index in [1.165, 1.54) is 34.7 Å². The molecule has 1 N–H and O–H groups in total. The second-order valence-corrected chi connectivity index (χ2v) is 6.72. The lowest BCUT2D eigenvalue weighted by atomic mass is 9.89. The van der Waals surface area contributed by atoms with Crippen molar-refractivity contribution >= 4 is 21.9 Å². The molecule has 3 heterocycles. The van der Waals surface area contributed by atoms with Gasteiger partial charge in [0.25, 0.3) is 0 Å². The van der Waals surface area contributed by atoms with Crippen LogP contribution in [0.3, 0.4) is 0 Å². The summed E-state index contributed by atoms with van der Waals surface area (Å²) in [5, 5.41) is 5.96. The molecule has 0 bridgehead atoms. The molecular formula is C19H23NO2. The molecule has 2 aromatic heterocycles. The minimum Gasteiger partial charge on any atom is -0.461 e. The molecule has 1 saturated heterocycles. The van der Waals surface area contributed by atoms with Crippen molar-refractivity contribution in [2.45, 2.75) is 40.0 Å². The van der Waals surface area contributed by atoms with Crippen LogP contribution < -0.4 is 5.32 Å². The Labute approximate surface area is 130 Å². The van der Waals surface area contributed by atoms with Crippen LogP contribution in [0.2, 0.25) is 0 Å². The van der Waals surface area contributed by atoms with Gasteiger partial charge in [-0.15, -0.1) is 0 Å². The average molecular weight is 297 g/mol. The van der Waals surface area contributed by atoms with Crippen molar-refractivity contribution in [3.63, 3.8) is 0 Å². The van der Waals surface area contributed by atoms with E-state index in [4.69, 9.17) is 8.83 Å². The zero-order valence-electron chi connectivity index (χ0n) is 13.6. The van der Waals surface area contributed by atoms with Crippen molar-refractivity contribution in [2.24, 2.45) is 5.92 Å². The third-order valence-electron chi connectivity index (χ3n) is 4.95. The Morgan fingerprint density at radius 3 is 2.50 bits per heavy atom. The molecule has 22 heavy (non-hydrogen) atoms. The van der Waals surface area contributed by atoms with E-state index in [1.807, 2.05) is 13.8 Å².